The van der Waals surface area contributed by atoms with Crippen LogP contribution in [0.25, 0.3) is 21.7 Å². The summed E-state index contributed by atoms with van der Waals surface area (Å²) in [6.07, 6.45) is 2.31. The number of methoxy groups -OCH3 is 2. The van der Waals surface area contributed by atoms with Gasteiger partial charge in [0.15, 0.2) is 0 Å². The van der Waals surface area contributed by atoms with Gasteiger partial charge in [0.2, 0.25) is 11.0 Å². The number of aryl methyl sites for hydroxylation is 1. The summed E-state index contributed by atoms with van der Waals surface area (Å²) in [5, 5.41) is 11.9. The number of pyridine rings is 1. The topological polar surface area (TPSA) is 98.1 Å². The van der Waals surface area contributed by atoms with Gasteiger partial charge in [0.25, 0.3) is 0 Å². The minimum atomic E-state index is -0.338. The first-order valence-electron chi connectivity index (χ1n) is 12.7. The number of ether oxygens (including phenoxy) is 2. The molecule has 8 nitrogen and oxygen atoms in total. The normalized spacial score (nSPS) is 11.0. The Morgan fingerprint density at radius 3 is 2.49 bits per heavy atom. The number of thiazole rings is 1. The fourth-order valence-electron chi connectivity index (χ4n) is 4.12. The maximum absolute atomic E-state index is 13.7. The van der Waals surface area contributed by atoms with Gasteiger partial charge in [0, 0.05) is 18.2 Å². The molecule has 5 rings (SSSR count). The van der Waals surface area contributed by atoms with E-state index in [0.29, 0.717) is 40.3 Å². The molecule has 2 heterocycles. The lowest BCUT2D eigenvalue weighted by atomic mass is 10.1. The number of amides is 1. The first-order valence-corrected chi connectivity index (χ1v) is 13.5. The maximum Gasteiger partial charge on any atom is 0.231 e. The van der Waals surface area contributed by atoms with E-state index < -0.39 is 0 Å². The van der Waals surface area contributed by atoms with Gasteiger partial charge in [-0.1, -0.05) is 29.5 Å². The quantitative estimate of drug-likeness (QED) is 0.172. The third-order valence-electron chi connectivity index (χ3n) is 6.14. The molecule has 0 fully saturated rings. The summed E-state index contributed by atoms with van der Waals surface area (Å²) in [5.41, 5.74) is 3.71. The monoisotopic (exact) mass is 567 g/mol. The molecule has 1 amide bonds. The third kappa shape index (κ3) is 6.98. The van der Waals surface area contributed by atoms with Crippen LogP contribution in [-0.2, 0) is 11.2 Å². The predicted octanol–water partition coefficient (Wildman–Crippen LogP) is 8.02. The SMILES string of the molecule is COc1ccc(OC)c(CCC(=O)Nc2cc(-c3sc(N=Nc4ccccc4)nc3-c3ccc(F)cc3)ccn2)c1. The molecule has 0 atom stereocenters. The second-order valence-electron chi connectivity index (χ2n) is 8.87. The van der Waals surface area contributed by atoms with Crippen LogP contribution in [0.4, 0.5) is 21.0 Å². The van der Waals surface area contributed by atoms with Crippen LogP contribution in [0.5, 0.6) is 11.5 Å². The molecule has 0 unspecified atom stereocenters. The van der Waals surface area contributed by atoms with Crippen molar-refractivity contribution in [2.45, 2.75) is 12.8 Å². The highest BCUT2D eigenvalue weighted by Crippen LogP contribution is 2.41. The fourth-order valence-corrected chi connectivity index (χ4v) is 5.02. The zero-order valence-electron chi connectivity index (χ0n) is 22.4. The molecule has 0 bridgehead atoms. The molecule has 0 radical (unpaired) electrons. The zero-order chi connectivity index (χ0) is 28.6. The molecule has 0 spiro atoms. The summed E-state index contributed by atoms with van der Waals surface area (Å²) < 4.78 is 24.4. The third-order valence-corrected chi connectivity index (χ3v) is 7.13. The number of benzene rings is 3. The molecule has 5 aromatic rings. The van der Waals surface area contributed by atoms with E-state index >= 15 is 0 Å². The van der Waals surface area contributed by atoms with Crippen LogP contribution in [-0.4, -0.2) is 30.1 Å². The highest BCUT2D eigenvalue weighted by molar-refractivity contribution is 7.19. The van der Waals surface area contributed by atoms with E-state index in [1.165, 1.54) is 23.5 Å². The Bertz CT molecular complexity index is 1670. The Morgan fingerprint density at radius 2 is 1.73 bits per heavy atom. The van der Waals surface area contributed by atoms with Gasteiger partial charge < -0.3 is 14.8 Å². The lowest BCUT2D eigenvalue weighted by Crippen LogP contribution is -2.13. The van der Waals surface area contributed by atoms with Gasteiger partial charge in [0.1, 0.15) is 23.1 Å². The van der Waals surface area contributed by atoms with Gasteiger partial charge >= 0.3 is 0 Å². The lowest BCUT2D eigenvalue weighted by Gasteiger charge is -2.11. The molecule has 1 N–H and O–H groups in total. The molecular formula is C31H26FN5O3S. The predicted molar refractivity (Wildman–Crippen MR) is 158 cm³/mol. The molecule has 0 aliphatic carbocycles. The number of carbonyl (C=O) groups is 1. The number of carbonyl (C=O) groups excluding carboxylic acids is 1. The van der Waals surface area contributed by atoms with Gasteiger partial charge in [-0.15, -0.1) is 10.2 Å². The van der Waals surface area contributed by atoms with E-state index in [9.17, 15) is 9.18 Å². The highest BCUT2D eigenvalue weighted by Gasteiger charge is 2.17. The first kappa shape index (κ1) is 27.6. The number of azo groups is 1. The van der Waals surface area contributed by atoms with Crippen molar-refractivity contribution >= 4 is 33.9 Å². The molecule has 3 aromatic carbocycles. The van der Waals surface area contributed by atoms with Gasteiger partial charge in [0.05, 0.1) is 30.5 Å². The van der Waals surface area contributed by atoms with Crippen LogP contribution in [0.15, 0.2) is 101 Å². The molecule has 0 saturated carbocycles. The molecule has 10 heteroatoms. The minimum absolute atomic E-state index is 0.195. The van der Waals surface area contributed by atoms with E-state index in [1.807, 2.05) is 54.6 Å². The maximum atomic E-state index is 13.7. The second-order valence-corrected chi connectivity index (χ2v) is 9.85. The van der Waals surface area contributed by atoms with Gasteiger partial charge in [-0.2, -0.15) is 0 Å². The van der Waals surface area contributed by atoms with Crippen molar-refractivity contribution in [2.24, 2.45) is 10.2 Å². The summed E-state index contributed by atoms with van der Waals surface area (Å²) in [4.78, 5) is 22.7. The Hall–Kier alpha value is -4.96. The number of rotatable bonds is 10. The number of aromatic nitrogens is 2. The summed E-state index contributed by atoms with van der Waals surface area (Å²) in [6.45, 7) is 0. The number of halogens is 1. The molecule has 41 heavy (non-hydrogen) atoms. The Labute approximate surface area is 240 Å². The van der Waals surface area contributed by atoms with Gasteiger partial charge in [-0.3, -0.25) is 4.79 Å². The smallest absolute Gasteiger partial charge is 0.231 e. The molecule has 0 saturated heterocycles. The van der Waals surface area contributed by atoms with E-state index in [2.05, 4.69) is 20.5 Å². The van der Waals surface area contributed by atoms with Crippen molar-refractivity contribution in [1.82, 2.24) is 9.97 Å². The summed E-state index contributed by atoms with van der Waals surface area (Å²) in [5.74, 6) is 1.25. The van der Waals surface area contributed by atoms with Crippen molar-refractivity contribution in [3.63, 3.8) is 0 Å². The van der Waals surface area contributed by atoms with Crippen molar-refractivity contribution < 1.29 is 18.7 Å². The highest BCUT2D eigenvalue weighted by atomic mass is 32.1. The second kappa shape index (κ2) is 12.9. The summed E-state index contributed by atoms with van der Waals surface area (Å²) >= 11 is 1.34. The Kier molecular flexibility index (Phi) is 8.70. The molecule has 2 aromatic heterocycles. The van der Waals surface area contributed by atoms with Gasteiger partial charge in [-0.05, 0) is 84.3 Å². The Morgan fingerprint density at radius 1 is 0.927 bits per heavy atom. The van der Waals surface area contributed by atoms with Crippen LogP contribution >= 0.6 is 11.3 Å². The Balaban J connectivity index is 1.38. The van der Waals surface area contributed by atoms with Crippen LogP contribution in [0, 0.1) is 5.82 Å². The van der Waals surface area contributed by atoms with E-state index in [-0.39, 0.29) is 18.1 Å². The van der Waals surface area contributed by atoms with E-state index in [1.54, 1.807) is 38.6 Å². The average Bonchev–Trinajstić information content (AvgIpc) is 3.44. The fraction of sp³-hybridized carbons (Fsp3) is 0.129. The lowest BCUT2D eigenvalue weighted by molar-refractivity contribution is -0.116. The molecule has 206 valence electrons. The average molecular weight is 568 g/mol. The molecule has 0 aliphatic rings. The van der Waals surface area contributed by atoms with Crippen LogP contribution < -0.4 is 14.8 Å². The van der Waals surface area contributed by atoms with Gasteiger partial charge in [-0.25, -0.2) is 14.4 Å². The number of hydrogen-bond donors (Lipinski definition) is 1. The molecule has 0 aliphatic heterocycles. The van der Waals surface area contributed by atoms with Crippen molar-refractivity contribution in [1.29, 1.82) is 0 Å². The largest absolute Gasteiger partial charge is 0.497 e. The number of nitrogens with zero attached hydrogens (tertiary/aromatic N) is 4. The number of nitrogens with one attached hydrogen (secondary N) is 1. The van der Waals surface area contributed by atoms with E-state index in [4.69, 9.17) is 14.5 Å². The molecular weight excluding hydrogens is 541 g/mol. The standard InChI is InChI=1S/C31H26FN5O3S/c1-39-25-13-14-26(40-2)21(18-25)10-15-28(38)34-27-19-22(16-17-33-27)30-29(20-8-11-23(32)12-9-20)35-31(41-30)37-36-24-6-4-3-5-7-24/h3-9,11-14,16-19H,10,15H2,1-2H3,(H,33,34,38). The van der Waals surface area contributed by atoms with Crippen molar-refractivity contribution in [3.05, 3.63) is 103 Å². The first-order chi connectivity index (χ1) is 20.0. The van der Waals surface area contributed by atoms with Crippen molar-refractivity contribution in [3.8, 4) is 33.2 Å². The number of anilines is 1. The van der Waals surface area contributed by atoms with E-state index in [0.717, 1.165) is 21.6 Å². The minimum Gasteiger partial charge on any atom is -0.497 e. The van der Waals surface area contributed by atoms with Crippen LogP contribution in [0.1, 0.15) is 12.0 Å². The van der Waals surface area contributed by atoms with Crippen LogP contribution in [0.2, 0.25) is 0 Å². The van der Waals surface area contributed by atoms with Crippen molar-refractivity contribution in [2.75, 3.05) is 19.5 Å². The number of hydrogen-bond acceptors (Lipinski definition) is 8. The summed E-state index contributed by atoms with van der Waals surface area (Å²) in [6, 6.07) is 24.6. The van der Waals surface area contributed by atoms with Crippen LogP contribution in [0.3, 0.4) is 0 Å². The zero-order valence-corrected chi connectivity index (χ0v) is 23.2. The summed E-state index contributed by atoms with van der Waals surface area (Å²) in [7, 11) is 3.19.